The maximum absolute atomic E-state index is 12.0. The lowest BCUT2D eigenvalue weighted by atomic mass is 9.98. The Morgan fingerprint density at radius 2 is 1.91 bits per heavy atom. The number of carbonyl (C=O) groups excluding carboxylic acids is 1. The molecule has 7 nitrogen and oxygen atoms in total. The number of rotatable bonds is 10. The number of aromatic nitrogens is 1. The van der Waals surface area contributed by atoms with Gasteiger partial charge in [0.1, 0.15) is 6.61 Å². The van der Waals surface area contributed by atoms with Gasteiger partial charge in [0.2, 0.25) is 5.91 Å². The van der Waals surface area contributed by atoms with Gasteiger partial charge in [-0.25, -0.2) is 4.79 Å². The average Bonchev–Trinajstić information content (AvgIpc) is 3.22. The minimum atomic E-state index is -1.19. The van der Waals surface area contributed by atoms with Gasteiger partial charge in [0, 0.05) is 47.9 Å². The molecular formula is C25H37N3O4. The van der Waals surface area contributed by atoms with Gasteiger partial charge < -0.3 is 20.5 Å². The number of hydrogen-bond donors (Lipinski definition) is 4. The number of carboxylic acids is 1. The van der Waals surface area contributed by atoms with E-state index in [0.717, 1.165) is 43.6 Å². The monoisotopic (exact) mass is 443 g/mol. The number of nitrogens with zero attached hydrogens (tertiary/aromatic N) is 1. The number of benzene rings is 1. The van der Waals surface area contributed by atoms with Crippen LogP contribution in [-0.4, -0.2) is 58.2 Å². The Labute approximate surface area is 190 Å². The van der Waals surface area contributed by atoms with Crippen LogP contribution in [0.5, 0.6) is 0 Å². The molecule has 4 N–H and O–H groups in total. The SMILES string of the molecule is CCCCCN1CC=C(c2c[nH]c3ccc(NC(=O)CCCC)cc23)CC1.O=C(O)CO. The molecule has 7 heteroatoms. The molecule has 0 atom stereocenters. The van der Waals surface area contributed by atoms with Crippen molar-refractivity contribution >= 4 is 34.0 Å². The molecule has 0 bridgehead atoms. The van der Waals surface area contributed by atoms with Gasteiger partial charge in [0.05, 0.1) is 0 Å². The highest BCUT2D eigenvalue weighted by atomic mass is 16.4. The van der Waals surface area contributed by atoms with E-state index in [-0.39, 0.29) is 5.91 Å². The maximum atomic E-state index is 12.0. The third-order valence-electron chi connectivity index (χ3n) is 5.58. The normalized spacial score (nSPS) is 13.9. The summed E-state index contributed by atoms with van der Waals surface area (Å²) in [5, 5.41) is 19.3. The fourth-order valence-electron chi connectivity index (χ4n) is 3.77. The van der Waals surface area contributed by atoms with Crippen LogP contribution in [0, 0.1) is 0 Å². The number of unbranched alkanes of at least 4 members (excludes halogenated alkanes) is 3. The first-order valence-electron chi connectivity index (χ1n) is 11.6. The fraction of sp³-hybridized carbons (Fsp3) is 0.520. The number of aliphatic carboxylic acids is 1. The molecule has 2 aromatic rings. The molecule has 32 heavy (non-hydrogen) atoms. The summed E-state index contributed by atoms with van der Waals surface area (Å²) >= 11 is 0. The Morgan fingerprint density at radius 1 is 1.16 bits per heavy atom. The molecule has 0 spiro atoms. The van der Waals surface area contributed by atoms with Crippen LogP contribution in [0.25, 0.3) is 16.5 Å². The van der Waals surface area contributed by atoms with E-state index in [1.54, 1.807) is 0 Å². The van der Waals surface area contributed by atoms with Crippen molar-refractivity contribution < 1.29 is 19.8 Å². The van der Waals surface area contributed by atoms with E-state index in [0.29, 0.717) is 6.42 Å². The van der Waals surface area contributed by atoms with Gasteiger partial charge in [-0.1, -0.05) is 39.2 Å². The van der Waals surface area contributed by atoms with E-state index >= 15 is 0 Å². The van der Waals surface area contributed by atoms with Crippen LogP contribution in [0.4, 0.5) is 5.69 Å². The number of anilines is 1. The summed E-state index contributed by atoms with van der Waals surface area (Å²) in [7, 11) is 0. The second kappa shape index (κ2) is 13.7. The number of aliphatic hydroxyl groups is 1. The summed E-state index contributed by atoms with van der Waals surface area (Å²) in [4.78, 5) is 27.1. The third kappa shape index (κ3) is 8.13. The summed E-state index contributed by atoms with van der Waals surface area (Å²) in [6.45, 7) is 6.97. The van der Waals surface area contributed by atoms with Crippen LogP contribution < -0.4 is 5.32 Å². The zero-order chi connectivity index (χ0) is 23.3. The molecule has 2 heterocycles. The molecule has 1 amide bonds. The lowest BCUT2D eigenvalue weighted by Gasteiger charge is -2.26. The van der Waals surface area contributed by atoms with Gasteiger partial charge in [-0.3, -0.25) is 9.69 Å². The average molecular weight is 444 g/mol. The molecule has 176 valence electrons. The highest BCUT2D eigenvalue weighted by Crippen LogP contribution is 2.31. The Morgan fingerprint density at radius 3 is 2.53 bits per heavy atom. The maximum Gasteiger partial charge on any atom is 0.329 e. The molecule has 0 radical (unpaired) electrons. The zero-order valence-corrected chi connectivity index (χ0v) is 19.3. The van der Waals surface area contributed by atoms with E-state index < -0.39 is 12.6 Å². The second-order valence-corrected chi connectivity index (χ2v) is 8.15. The topological polar surface area (TPSA) is 106 Å². The first-order chi connectivity index (χ1) is 15.5. The number of carboxylic acid groups (broad SMARTS) is 1. The summed E-state index contributed by atoms with van der Waals surface area (Å²) in [6.07, 6.45) is 12.1. The van der Waals surface area contributed by atoms with Crippen LogP contribution in [0.3, 0.4) is 0 Å². The lowest BCUT2D eigenvalue weighted by molar-refractivity contribution is -0.140. The van der Waals surface area contributed by atoms with Gasteiger partial charge in [0.25, 0.3) is 0 Å². The van der Waals surface area contributed by atoms with Crippen LogP contribution in [0.1, 0.15) is 64.4 Å². The molecule has 0 aliphatic carbocycles. The molecule has 1 aromatic carbocycles. The van der Waals surface area contributed by atoms with E-state index in [9.17, 15) is 4.79 Å². The van der Waals surface area contributed by atoms with Crippen LogP contribution in [0.2, 0.25) is 0 Å². The number of hydrogen-bond acceptors (Lipinski definition) is 4. The Kier molecular flexibility index (Phi) is 11.0. The molecular weight excluding hydrogens is 406 g/mol. The number of H-pyrrole nitrogens is 1. The Balaban J connectivity index is 0.000000654. The number of amides is 1. The predicted octanol–water partition coefficient (Wildman–Crippen LogP) is 4.64. The molecule has 3 rings (SSSR count). The van der Waals surface area contributed by atoms with Crippen LogP contribution in [0.15, 0.2) is 30.5 Å². The summed E-state index contributed by atoms with van der Waals surface area (Å²) in [5.41, 5.74) is 4.72. The van der Waals surface area contributed by atoms with Gasteiger partial charge in [-0.15, -0.1) is 0 Å². The summed E-state index contributed by atoms with van der Waals surface area (Å²) < 4.78 is 0. The molecule has 1 aromatic heterocycles. The van der Waals surface area contributed by atoms with E-state index in [4.69, 9.17) is 15.0 Å². The molecule has 0 saturated heterocycles. The lowest BCUT2D eigenvalue weighted by Crippen LogP contribution is -2.29. The summed E-state index contributed by atoms with van der Waals surface area (Å²) in [5.74, 6) is -1.09. The first kappa shape index (κ1) is 25.6. The smallest absolute Gasteiger partial charge is 0.329 e. The van der Waals surface area contributed by atoms with Crippen molar-refractivity contribution in [1.29, 1.82) is 0 Å². The first-order valence-corrected chi connectivity index (χ1v) is 11.6. The molecule has 1 aliphatic heterocycles. The van der Waals surface area contributed by atoms with Crippen LogP contribution in [-0.2, 0) is 9.59 Å². The number of carbonyl (C=O) groups is 2. The molecule has 0 fully saturated rings. The zero-order valence-electron chi connectivity index (χ0n) is 19.3. The highest BCUT2D eigenvalue weighted by molar-refractivity contribution is 5.98. The Hall–Kier alpha value is -2.64. The molecule has 1 aliphatic rings. The van der Waals surface area contributed by atoms with E-state index in [1.807, 2.05) is 6.07 Å². The van der Waals surface area contributed by atoms with Crippen molar-refractivity contribution in [3.05, 3.63) is 36.0 Å². The van der Waals surface area contributed by atoms with Crippen molar-refractivity contribution in [3.8, 4) is 0 Å². The van der Waals surface area contributed by atoms with E-state index in [1.165, 1.54) is 42.3 Å². The number of fused-ring (bicyclic) bond motifs is 1. The van der Waals surface area contributed by atoms with Gasteiger partial charge in [-0.05, 0) is 49.6 Å². The van der Waals surface area contributed by atoms with Crippen molar-refractivity contribution in [2.75, 3.05) is 31.6 Å². The minimum Gasteiger partial charge on any atom is -0.480 e. The van der Waals surface area contributed by atoms with Crippen molar-refractivity contribution in [1.82, 2.24) is 9.88 Å². The van der Waals surface area contributed by atoms with Gasteiger partial charge in [0.15, 0.2) is 0 Å². The van der Waals surface area contributed by atoms with Gasteiger partial charge in [-0.2, -0.15) is 0 Å². The van der Waals surface area contributed by atoms with Crippen molar-refractivity contribution in [2.45, 2.75) is 58.8 Å². The van der Waals surface area contributed by atoms with Gasteiger partial charge >= 0.3 is 5.97 Å². The van der Waals surface area contributed by atoms with Crippen molar-refractivity contribution in [2.24, 2.45) is 0 Å². The number of aliphatic hydroxyl groups excluding tert-OH is 1. The van der Waals surface area contributed by atoms with E-state index in [2.05, 4.69) is 53.5 Å². The largest absolute Gasteiger partial charge is 0.480 e. The molecule has 0 unspecified atom stereocenters. The number of nitrogens with one attached hydrogen (secondary N) is 2. The van der Waals surface area contributed by atoms with Crippen LogP contribution >= 0.6 is 0 Å². The molecule has 0 saturated carbocycles. The summed E-state index contributed by atoms with van der Waals surface area (Å²) in [6, 6.07) is 6.16. The predicted molar refractivity (Wildman–Crippen MR) is 130 cm³/mol. The third-order valence-corrected chi connectivity index (χ3v) is 5.58. The second-order valence-electron chi connectivity index (χ2n) is 8.15. The fourth-order valence-corrected chi connectivity index (χ4v) is 3.77. The Bertz CT molecular complexity index is 904. The highest BCUT2D eigenvalue weighted by Gasteiger charge is 2.16. The minimum absolute atomic E-state index is 0.105. The van der Waals surface area contributed by atoms with Crippen molar-refractivity contribution in [3.63, 3.8) is 0 Å². The quantitative estimate of drug-likeness (QED) is 0.400. The number of aromatic amines is 1. The standard InChI is InChI=1S/C23H33N3O.C2H4O3/c1-3-5-7-13-26-14-11-18(12-15-26)21-17-24-22-10-9-19(16-20(21)22)25-23(27)8-6-4-2;3-1-2(4)5/h9-11,16-17,24H,3-8,12-15H2,1-2H3,(H,25,27);3H,1H2,(H,4,5).